The fourth-order valence-electron chi connectivity index (χ4n) is 3.37. The lowest BCUT2D eigenvalue weighted by Crippen LogP contribution is -2.24. The topological polar surface area (TPSA) is 90.1 Å². The summed E-state index contributed by atoms with van der Waals surface area (Å²) in [5.74, 6) is 1.70. The van der Waals surface area contributed by atoms with E-state index in [2.05, 4.69) is 20.4 Å². The van der Waals surface area contributed by atoms with E-state index in [1.807, 2.05) is 20.0 Å². The minimum Gasteiger partial charge on any atom is -0.484 e. The molecule has 0 unspecified atom stereocenters. The first kappa shape index (κ1) is 18.3. The SMILES string of the molecule is CCC(=O)c1ccc(OCc2nc(-c3c(C)ncc4c3CCNC4)no2)cc1. The molecule has 1 N–H and O–H groups in total. The Bertz CT molecular complexity index is 995. The Kier molecular flexibility index (Phi) is 5.16. The van der Waals surface area contributed by atoms with Gasteiger partial charge in [-0.25, -0.2) is 0 Å². The van der Waals surface area contributed by atoms with Crippen LogP contribution < -0.4 is 10.1 Å². The molecule has 0 saturated carbocycles. The van der Waals surface area contributed by atoms with Crippen molar-refractivity contribution in [2.45, 2.75) is 39.8 Å². The van der Waals surface area contributed by atoms with Crippen molar-refractivity contribution in [3.05, 3.63) is 58.7 Å². The second-order valence-corrected chi connectivity index (χ2v) is 6.75. The third-order valence-corrected chi connectivity index (χ3v) is 4.88. The maximum atomic E-state index is 11.7. The van der Waals surface area contributed by atoms with Gasteiger partial charge in [0.1, 0.15) is 5.75 Å². The molecule has 7 heteroatoms. The van der Waals surface area contributed by atoms with Gasteiger partial charge in [0, 0.05) is 36.0 Å². The third-order valence-electron chi connectivity index (χ3n) is 4.88. The van der Waals surface area contributed by atoms with Crippen molar-refractivity contribution >= 4 is 5.78 Å². The average Bonchev–Trinajstić information content (AvgIpc) is 3.20. The van der Waals surface area contributed by atoms with Crippen LogP contribution in [0.3, 0.4) is 0 Å². The van der Waals surface area contributed by atoms with Crippen molar-refractivity contribution in [3.63, 3.8) is 0 Å². The van der Waals surface area contributed by atoms with E-state index in [0.717, 1.165) is 30.8 Å². The second kappa shape index (κ2) is 7.90. The predicted molar refractivity (Wildman–Crippen MR) is 103 cm³/mol. The van der Waals surface area contributed by atoms with Crippen molar-refractivity contribution in [1.82, 2.24) is 20.4 Å². The lowest BCUT2D eigenvalue weighted by atomic mass is 9.95. The van der Waals surface area contributed by atoms with Crippen LogP contribution in [0.15, 0.2) is 35.0 Å². The molecule has 1 aromatic carbocycles. The number of hydrogen-bond acceptors (Lipinski definition) is 7. The van der Waals surface area contributed by atoms with E-state index in [4.69, 9.17) is 9.26 Å². The summed E-state index contributed by atoms with van der Waals surface area (Å²) in [5.41, 5.74) is 4.94. The van der Waals surface area contributed by atoms with Gasteiger partial charge >= 0.3 is 0 Å². The Balaban J connectivity index is 1.49. The average molecular weight is 378 g/mol. The van der Waals surface area contributed by atoms with E-state index in [-0.39, 0.29) is 12.4 Å². The van der Waals surface area contributed by atoms with Crippen LogP contribution in [-0.2, 0) is 19.6 Å². The maximum absolute atomic E-state index is 11.7. The van der Waals surface area contributed by atoms with E-state index in [9.17, 15) is 4.79 Å². The smallest absolute Gasteiger partial charge is 0.264 e. The molecule has 3 aromatic rings. The summed E-state index contributed by atoms with van der Waals surface area (Å²) in [6, 6.07) is 7.07. The number of aryl methyl sites for hydroxylation is 1. The third kappa shape index (κ3) is 3.66. The molecule has 0 radical (unpaired) electrons. The van der Waals surface area contributed by atoms with Gasteiger partial charge in [0.25, 0.3) is 5.89 Å². The minimum atomic E-state index is 0.110. The zero-order chi connectivity index (χ0) is 19.5. The highest BCUT2D eigenvalue weighted by Gasteiger charge is 2.21. The van der Waals surface area contributed by atoms with Crippen molar-refractivity contribution in [2.24, 2.45) is 0 Å². The van der Waals surface area contributed by atoms with Crippen LogP contribution in [0.25, 0.3) is 11.4 Å². The number of ketones is 1. The fourth-order valence-corrected chi connectivity index (χ4v) is 3.37. The number of Topliss-reactive ketones (excluding diaryl/α,β-unsaturated/α-hetero) is 1. The second-order valence-electron chi connectivity index (χ2n) is 6.75. The van der Waals surface area contributed by atoms with Crippen LogP contribution in [0.2, 0.25) is 0 Å². The summed E-state index contributed by atoms with van der Waals surface area (Å²) in [6.45, 7) is 5.70. The zero-order valence-electron chi connectivity index (χ0n) is 16.0. The van der Waals surface area contributed by atoms with Gasteiger partial charge in [0.05, 0.1) is 0 Å². The van der Waals surface area contributed by atoms with Crippen LogP contribution in [0, 0.1) is 6.92 Å². The Hall–Kier alpha value is -3.06. The molecule has 28 heavy (non-hydrogen) atoms. The first-order valence-electron chi connectivity index (χ1n) is 9.42. The van der Waals surface area contributed by atoms with E-state index in [1.54, 1.807) is 24.3 Å². The Morgan fingerprint density at radius 1 is 1.29 bits per heavy atom. The molecule has 1 aliphatic heterocycles. The van der Waals surface area contributed by atoms with Crippen LogP contribution in [0.4, 0.5) is 0 Å². The Morgan fingerprint density at radius 2 is 2.11 bits per heavy atom. The number of pyridine rings is 1. The number of aromatic nitrogens is 3. The molecule has 7 nitrogen and oxygen atoms in total. The molecule has 3 heterocycles. The molecular weight excluding hydrogens is 356 g/mol. The van der Waals surface area contributed by atoms with Gasteiger partial charge in [-0.2, -0.15) is 4.98 Å². The first-order valence-corrected chi connectivity index (χ1v) is 9.42. The summed E-state index contributed by atoms with van der Waals surface area (Å²) in [6.07, 6.45) is 3.31. The molecule has 2 aromatic heterocycles. The number of fused-ring (bicyclic) bond motifs is 1. The van der Waals surface area contributed by atoms with E-state index in [1.165, 1.54) is 11.1 Å². The standard InChI is InChI=1S/C21H22N4O3/c1-3-18(26)14-4-6-16(7-5-14)27-12-19-24-21(25-28-19)20-13(2)23-11-15-10-22-9-8-17(15)20/h4-7,11,22H,3,8-10,12H2,1-2H3. The van der Waals surface area contributed by atoms with Crippen molar-refractivity contribution in [2.75, 3.05) is 6.54 Å². The lowest BCUT2D eigenvalue weighted by Gasteiger charge is -2.19. The largest absolute Gasteiger partial charge is 0.484 e. The number of benzene rings is 1. The summed E-state index contributed by atoms with van der Waals surface area (Å²) < 4.78 is 11.1. The van der Waals surface area contributed by atoms with Gasteiger partial charge in [-0.15, -0.1) is 0 Å². The molecule has 0 bridgehead atoms. The predicted octanol–water partition coefficient (Wildman–Crippen LogP) is 3.26. The van der Waals surface area contributed by atoms with Crippen LogP contribution >= 0.6 is 0 Å². The summed E-state index contributed by atoms with van der Waals surface area (Å²) in [4.78, 5) is 20.7. The van der Waals surface area contributed by atoms with Gasteiger partial charge in [-0.1, -0.05) is 12.1 Å². The molecule has 0 aliphatic carbocycles. The number of ether oxygens (including phenoxy) is 1. The molecule has 0 spiro atoms. The summed E-state index contributed by atoms with van der Waals surface area (Å²) in [7, 11) is 0. The maximum Gasteiger partial charge on any atom is 0.264 e. The normalized spacial score (nSPS) is 13.2. The quantitative estimate of drug-likeness (QED) is 0.658. The highest BCUT2D eigenvalue weighted by molar-refractivity contribution is 5.95. The molecule has 0 amide bonds. The number of hydrogen-bond donors (Lipinski definition) is 1. The van der Waals surface area contributed by atoms with Gasteiger partial charge < -0.3 is 14.6 Å². The number of rotatable bonds is 6. The van der Waals surface area contributed by atoms with Gasteiger partial charge in [0.2, 0.25) is 5.82 Å². The molecule has 0 atom stereocenters. The minimum absolute atomic E-state index is 0.110. The van der Waals surface area contributed by atoms with Crippen molar-refractivity contribution in [1.29, 1.82) is 0 Å². The monoisotopic (exact) mass is 378 g/mol. The van der Waals surface area contributed by atoms with Gasteiger partial charge in [-0.3, -0.25) is 9.78 Å². The van der Waals surface area contributed by atoms with Crippen molar-refractivity contribution in [3.8, 4) is 17.1 Å². The summed E-state index contributed by atoms with van der Waals surface area (Å²) in [5, 5.41) is 7.50. The Labute approximate surface area is 163 Å². The molecule has 0 fully saturated rings. The van der Waals surface area contributed by atoms with Crippen molar-refractivity contribution < 1.29 is 14.1 Å². The lowest BCUT2D eigenvalue weighted by molar-refractivity contribution is 0.0988. The molecule has 1 aliphatic rings. The first-order chi connectivity index (χ1) is 13.7. The molecule has 144 valence electrons. The van der Waals surface area contributed by atoms with E-state index < -0.39 is 0 Å². The van der Waals surface area contributed by atoms with Crippen LogP contribution in [0.1, 0.15) is 46.4 Å². The summed E-state index contributed by atoms with van der Waals surface area (Å²) >= 11 is 0. The number of nitrogens with zero attached hydrogens (tertiary/aromatic N) is 3. The highest BCUT2D eigenvalue weighted by atomic mass is 16.5. The molecule has 0 saturated heterocycles. The molecular formula is C21H22N4O3. The fraction of sp³-hybridized carbons (Fsp3) is 0.333. The van der Waals surface area contributed by atoms with Crippen LogP contribution in [-0.4, -0.2) is 27.5 Å². The molecule has 4 rings (SSSR count). The zero-order valence-corrected chi connectivity index (χ0v) is 16.0. The van der Waals surface area contributed by atoms with E-state index in [0.29, 0.717) is 29.4 Å². The van der Waals surface area contributed by atoms with E-state index >= 15 is 0 Å². The number of carbonyl (C=O) groups is 1. The van der Waals surface area contributed by atoms with Gasteiger partial charge in [0.15, 0.2) is 12.4 Å². The number of nitrogens with one attached hydrogen (secondary N) is 1. The highest BCUT2D eigenvalue weighted by Crippen LogP contribution is 2.28. The van der Waals surface area contributed by atoms with Crippen LogP contribution in [0.5, 0.6) is 5.75 Å². The van der Waals surface area contributed by atoms with Gasteiger partial charge in [-0.05, 0) is 55.3 Å². The Morgan fingerprint density at radius 3 is 2.89 bits per heavy atom. The number of carbonyl (C=O) groups excluding carboxylic acids is 1.